The molecule has 0 bridgehead atoms. The number of hydrogen-bond donors (Lipinski definition) is 2. The Morgan fingerprint density at radius 3 is 1.41 bits per heavy atom. The van der Waals surface area contributed by atoms with Gasteiger partial charge in [0.05, 0.1) is 36.9 Å². The number of hydrogen-bond acceptors (Lipinski definition) is 8. The number of carboxylic acid groups (broad SMARTS) is 2. The number of ether oxygens (including phenoxy) is 4. The molecule has 0 aromatic carbocycles. The second kappa shape index (κ2) is 10.2. The molecule has 1 aliphatic rings. The van der Waals surface area contributed by atoms with E-state index in [-0.39, 0.29) is 19.6 Å². The smallest absolute Gasteiger partial charge is 0.311 e. The van der Waals surface area contributed by atoms with E-state index in [4.69, 9.17) is 18.9 Å². The van der Waals surface area contributed by atoms with E-state index in [0.717, 1.165) is 0 Å². The molecule has 10 heteroatoms. The van der Waals surface area contributed by atoms with E-state index in [2.05, 4.69) is 0 Å². The first-order valence-corrected chi connectivity index (χ1v) is 8.48. The van der Waals surface area contributed by atoms with E-state index in [1.807, 2.05) is 0 Å². The van der Waals surface area contributed by atoms with E-state index in [9.17, 15) is 29.4 Å². The number of esters is 2. The van der Waals surface area contributed by atoms with Crippen LogP contribution in [0.2, 0.25) is 0 Å². The van der Waals surface area contributed by atoms with E-state index in [1.165, 1.54) is 28.1 Å². The average Bonchev–Trinajstić information content (AvgIpc) is 2.96. The lowest BCUT2D eigenvalue weighted by Gasteiger charge is -2.24. The number of carbonyl (C=O) groups excluding carboxylic acids is 2. The largest absolute Gasteiger partial charge is 0.481 e. The van der Waals surface area contributed by atoms with E-state index >= 15 is 0 Å². The highest BCUT2D eigenvalue weighted by atomic mass is 16.6. The van der Waals surface area contributed by atoms with Gasteiger partial charge in [-0.1, -0.05) is 0 Å². The van der Waals surface area contributed by atoms with Gasteiger partial charge in [0.2, 0.25) is 0 Å². The molecule has 154 valence electrons. The molecule has 0 aliphatic heterocycles. The lowest BCUT2D eigenvalue weighted by Crippen LogP contribution is -2.40. The van der Waals surface area contributed by atoms with Gasteiger partial charge in [0.15, 0.2) is 0 Å². The first-order chi connectivity index (χ1) is 12.6. The van der Waals surface area contributed by atoms with Crippen LogP contribution < -0.4 is 0 Å². The Morgan fingerprint density at radius 1 is 0.815 bits per heavy atom. The normalized spacial score (nSPS) is 26.8. The molecule has 2 N–H and O–H groups in total. The quantitative estimate of drug-likeness (QED) is 0.495. The summed E-state index contributed by atoms with van der Waals surface area (Å²) in [6.45, 7) is 3.21. The molecular formula is C17H26O10. The summed E-state index contributed by atoms with van der Waals surface area (Å²) in [6, 6.07) is 0. The Bertz CT molecular complexity index is 512. The van der Waals surface area contributed by atoms with Crippen molar-refractivity contribution >= 4 is 23.9 Å². The number of carbonyl (C=O) groups is 4. The van der Waals surface area contributed by atoms with Gasteiger partial charge in [-0.2, -0.15) is 0 Å². The minimum absolute atomic E-state index is 0.0680. The lowest BCUT2D eigenvalue weighted by atomic mass is 9.86. The monoisotopic (exact) mass is 390 g/mol. The van der Waals surface area contributed by atoms with Crippen LogP contribution in [0.3, 0.4) is 0 Å². The highest BCUT2D eigenvalue weighted by Crippen LogP contribution is 2.44. The van der Waals surface area contributed by atoms with Crippen LogP contribution in [0.15, 0.2) is 0 Å². The minimum Gasteiger partial charge on any atom is -0.481 e. The third kappa shape index (κ3) is 5.90. The Kier molecular flexibility index (Phi) is 8.64. The Balaban J connectivity index is 3.15. The molecule has 0 spiro atoms. The number of rotatable bonds is 10. The Morgan fingerprint density at radius 2 is 1.15 bits per heavy atom. The molecule has 0 saturated heterocycles. The van der Waals surface area contributed by atoms with Gasteiger partial charge in [-0.25, -0.2) is 0 Å². The van der Waals surface area contributed by atoms with Gasteiger partial charge in [0, 0.05) is 14.2 Å². The molecule has 0 heterocycles. The van der Waals surface area contributed by atoms with Crippen LogP contribution in [0.25, 0.3) is 0 Å². The SMILES string of the molecule is COCC(C)OC(=O)C1C(C(=O)O)CC(C(=O)O)C1C(=O)OC(C)COC. The summed E-state index contributed by atoms with van der Waals surface area (Å²) in [5.41, 5.74) is 0. The summed E-state index contributed by atoms with van der Waals surface area (Å²) in [5, 5.41) is 18.9. The van der Waals surface area contributed by atoms with Crippen LogP contribution in [0.1, 0.15) is 20.3 Å². The first-order valence-electron chi connectivity index (χ1n) is 8.48. The van der Waals surface area contributed by atoms with Gasteiger partial charge in [0.1, 0.15) is 12.2 Å². The fourth-order valence-electron chi connectivity index (χ4n) is 3.29. The highest BCUT2D eigenvalue weighted by molar-refractivity contribution is 5.92. The number of carboxylic acids is 2. The van der Waals surface area contributed by atoms with Crippen molar-refractivity contribution in [3.63, 3.8) is 0 Å². The van der Waals surface area contributed by atoms with Gasteiger partial charge in [0.25, 0.3) is 0 Å². The Labute approximate surface area is 156 Å². The van der Waals surface area contributed by atoms with Crippen LogP contribution in [-0.4, -0.2) is 73.7 Å². The van der Waals surface area contributed by atoms with Crippen molar-refractivity contribution in [2.75, 3.05) is 27.4 Å². The van der Waals surface area contributed by atoms with Crippen molar-refractivity contribution in [3.05, 3.63) is 0 Å². The fraction of sp³-hybridized carbons (Fsp3) is 0.765. The predicted octanol–water partition coefficient (Wildman–Crippen LogP) is 0.180. The summed E-state index contributed by atoms with van der Waals surface area (Å²) in [5.74, 6) is -10.3. The van der Waals surface area contributed by atoms with Crippen molar-refractivity contribution in [1.82, 2.24) is 0 Å². The molecular weight excluding hydrogens is 364 g/mol. The average molecular weight is 390 g/mol. The molecule has 1 saturated carbocycles. The van der Waals surface area contributed by atoms with Gasteiger partial charge in [-0.15, -0.1) is 0 Å². The molecule has 0 aromatic heterocycles. The topological polar surface area (TPSA) is 146 Å². The summed E-state index contributed by atoms with van der Waals surface area (Å²) < 4.78 is 20.0. The maximum absolute atomic E-state index is 12.6. The number of methoxy groups -OCH3 is 2. The molecule has 6 atom stereocenters. The second-order valence-corrected chi connectivity index (χ2v) is 6.58. The van der Waals surface area contributed by atoms with Crippen LogP contribution in [0, 0.1) is 23.7 Å². The summed E-state index contributed by atoms with van der Waals surface area (Å²) >= 11 is 0. The second-order valence-electron chi connectivity index (χ2n) is 6.58. The van der Waals surface area contributed by atoms with Crippen molar-refractivity contribution < 1.29 is 48.3 Å². The van der Waals surface area contributed by atoms with Crippen LogP contribution in [0.5, 0.6) is 0 Å². The van der Waals surface area contributed by atoms with Crippen molar-refractivity contribution in [3.8, 4) is 0 Å². The fourth-order valence-corrected chi connectivity index (χ4v) is 3.29. The summed E-state index contributed by atoms with van der Waals surface area (Å²) in [6.07, 6.45) is -1.75. The standard InChI is InChI=1S/C17H26O10/c1-8(6-24-3)26-16(22)12-10(14(18)19)5-11(15(20)21)13(12)17(23)27-9(2)7-25-4/h8-13H,5-7H2,1-4H3,(H,18,19)(H,20,21). The molecule has 6 unspecified atom stereocenters. The van der Waals surface area contributed by atoms with Crippen molar-refractivity contribution in [2.24, 2.45) is 23.7 Å². The summed E-state index contributed by atoms with van der Waals surface area (Å²) in [7, 11) is 2.80. The zero-order valence-corrected chi connectivity index (χ0v) is 15.7. The molecule has 1 rings (SSSR count). The lowest BCUT2D eigenvalue weighted by molar-refractivity contribution is -0.172. The van der Waals surface area contributed by atoms with Gasteiger partial charge < -0.3 is 29.2 Å². The number of aliphatic carboxylic acids is 2. The van der Waals surface area contributed by atoms with Gasteiger partial charge in [-0.05, 0) is 20.3 Å². The van der Waals surface area contributed by atoms with Crippen LogP contribution in [-0.2, 0) is 38.1 Å². The van der Waals surface area contributed by atoms with Gasteiger partial charge >= 0.3 is 23.9 Å². The van der Waals surface area contributed by atoms with E-state index in [0.29, 0.717) is 0 Å². The first kappa shape index (κ1) is 22.8. The van der Waals surface area contributed by atoms with Crippen LogP contribution >= 0.6 is 0 Å². The highest BCUT2D eigenvalue weighted by Gasteiger charge is 2.57. The van der Waals surface area contributed by atoms with Crippen molar-refractivity contribution in [2.45, 2.75) is 32.5 Å². The molecule has 0 aromatic rings. The van der Waals surface area contributed by atoms with Crippen LogP contribution in [0.4, 0.5) is 0 Å². The zero-order chi connectivity index (χ0) is 20.7. The molecule has 27 heavy (non-hydrogen) atoms. The van der Waals surface area contributed by atoms with Crippen molar-refractivity contribution in [1.29, 1.82) is 0 Å². The maximum atomic E-state index is 12.6. The van der Waals surface area contributed by atoms with E-state index < -0.39 is 59.8 Å². The molecule has 10 nitrogen and oxygen atoms in total. The summed E-state index contributed by atoms with van der Waals surface area (Å²) in [4.78, 5) is 48.3. The maximum Gasteiger partial charge on any atom is 0.311 e. The van der Waals surface area contributed by atoms with Gasteiger partial charge in [-0.3, -0.25) is 19.2 Å². The molecule has 0 radical (unpaired) electrons. The third-order valence-electron chi connectivity index (χ3n) is 4.38. The molecule has 1 aliphatic carbocycles. The molecule has 0 amide bonds. The zero-order valence-electron chi connectivity index (χ0n) is 15.7. The molecule has 1 fully saturated rings. The Hall–Kier alpha value is -2.20. The van der Waals surface area contributed by atoms with E-state index in [1.54, 1.807) is 0 Å². The predicted molar refractivity (Wildman–Crippen MR) is 88.7 cm³/mol. The minimum atomic E-state index is -1.47. The third-order valence-corrected chi connectivity index (χ3v) is 4.38.